The Kier molecular flexibility index (Phi) is 3.75. The fourth-order valence-electron chi connectivity index (χ4n) is 3.19. The third-order valence-corrected chi connectivity index (χ3v) is 4.91. The molecule has 1 saturated heterocycles. The zero-order valence-corrected chi connectivity index (χ0v) is 14.6. The first-order valence-corrected chi connectivity index (χ1v) is 8.39. The van der Waals surface area contributed by atoms with Crippen LogP contribution >= 0.6 is 23.2 Å². The number of hydrogen-bond acceptors (Lipinski definition) is 4. The van der Waals surface area contributed by atoms with Gasteiger partial charge in [-0.05, 0) is 23.2 Å². The van der Waals surface area contributed by atoms with Crippen molar-refractivity contribution in [3.8, 4) is 11.3 Å². The summed E-state index contributed by atoms with van der Waals surface area (Å²) in [6.45, 7) is 4.87. The van der Waals surface area contributed by atoms with Gasteiger partial charge in [0, 0.05) is 29.6 Å². The number of ether oxygens (including phenoxy) is 1. The molecule has 2 aliphatic heterocycles. The lowest BCUT2D eigenvalue weighted by molar-refractivity contribution is -0.111. The molecule has 5 nitrogen and oxygen atoms in total. The molecule has 124 valence electrons. The number of aromatic nitrogens is 2. The van der Waals surface area contributed by atoms with Gasteiger partial charge in [0.15, 0.2) is 0 Å². The summed E-state index contributed by atoms with van der Waals surface area (Å²) < 4.78 is 5.28. The number of hydrogen-bond donors (Lipinski definition) is 0. The van der Waals surface area contributed by atoms with Gasteiger partial charge in [0.2, 0.25) is 5.28 Å². The van der Waals surface area contributed by atoms with E-state index in [1.807, 2.05) is 23.1 Å². The van der Waals surface area contributed by atoms with Crippen molar-refractivity contribution in [1.82, 2.24) is 14.9 Å². The molecule has 4 rings (SSSR count). The summed E-state index contributed by atoms with van der Waals surface area (Å²) in [5, 5.41) is 0.529. The van der Waals surface area contributed by atoms with Gasteiger partial charge in [-0.1, -0.05) is 30.7 Å². The lowest BCUT2D eigenvalue weighted by Crippen LogP contribution is -2.48. The van der Waals surface area contributed by atoms with Crippen molar-refractivity contribution in [2.45, 2.75) is 13.5 Å². The minimum atomic E-state index is 0.0382. The SMILES string of the molecule is CC1(CN2Cc3ccc(-c4nc(Cl)ncc4Cl)cc3C2=O)COC1. The van der Waals surface area contributed by atoms with Crippen LogP contribution in [0.4, 0.5) is 0 Å². The smallest absolute Gasteiger partial charge is 0.254 e. The fraction of sp³-hybridized carbons (Fsp3) is 0.353. The van der Waals surface area contributed by atoms with Crippen LogP contribution in [-0.2, 0) is 11.3 Å². The van der Waals surface area contributed by atoms with Gasteiger partial charge < -0.3 is 9.64 Å². The average molecular weight is 364 g/mol. The van der Waals surface area contributed by atoms with E-state index in [1.54, 1.807) is 0 Å². The fourth-order valence-corrected chi connectivity index (χ4v) is 3.52. The molecule has 1 aromatic heterocycles. The van der Waals surface area contributed by atoms with Crippen LogP contribution in [0.1, 0.15) is 22.8 Å². The van der Waals surface area contributed by atoms with E-state index < -0.39 is 0 Å². The highest BCUT2D eigenvalue weighted by Gasteiger charge is 2.39. The molecule has 0 bridgehead atoms. The van der Waals surface area contributed by atoms with E-state index in [-0.39, 0.29) is 16.6 Å². The van der Waals surface area contributed by atoms with E-state index in [9.17, 15) is 4.79 Å². The summed E-state index contributed by atoms with van der Waals surface area (Å²) in [5.41, 5.74) is 3.07. The molecule has 1 aromatic carbocycles. The van der Waals surface area contributed by atoms with E-state index in [0.29, 0.717) is 42.6 Å². The van der Waals surface area contributed by atoms with Crippen molar-refractivity contribution in [3.63, 3.8) is 0 Å². The van der Waals surface area contributed by atoms with Crippen LogP contribution in [0.3, 0.4) is 0 Å². The Labute approximate surface area is 149 Å². The molecular formula is C17H15Cl2N3O2. The van der Waals surface area contributed by atoms with Crippen molar-refractivity contribution < 1.29 is 9.53 Å². The Bertz CT molecular complexity index is 837. The number of nitrogens with zero attached hydrogens (tertiary/aromatic N) is 3. The number of benzene rings is 1. The molecule has 1 fully saturated rings. The molecule has 3 heterocycles. The molecule has 0 radical (unpaired) electrons. The molecule has 0 N–H and O–H groups in total. The van der Waals surface area contributed by atoms with Crippen LogP contribution in [0.5, 0.6) is 0 Å². The van der Waals surface area contributed by atoms with Gasteiger partial charge in [-0.3, -0.25) is 4.79 Å². The summed E-state index contributed by atoms with van der Waals surface area (Å²) in [6, 6.07) is 5.70. The van der Waals surface area contributed by atoms with E-state index in [0.717, 1.165) is 11.1 Å². The van der Waals surface area contributed by atoms with E-state index in [4.69, 9.17) is 27.9 Å². The van der Waals surface area contributed by atoms with Crippen LogP contribution in [0, 0.1) is 5.41 Å². The number of rotatable bonds is 3. The third kappa shape index (κ3) is 2.66. The Hall–Kier alpha value is -1.69. The normalized spacial score (nSPS) is 18.5. The van der Waals surface area contributed by atoms with E-state index in [2.05, 4.69) is 16.9 Å². The third-order valence-electron chi connectivity index (χ3n) is 4.45. The lowest BCUT2D eigenvalue weighted by Gasteiger charge is -2.40. The first kappa shape index (κ1) is 15.8. The topological polar surface area (TPSA) is 55.3 Å². The van der Waals surface area contributed by atoms with E-state index in [1.165, 1.54) is 6.20 Å². The minimum absolute atomic E-state index is 0.0382. The summed E-state index contributed by atoms with van der Waals surface area (Å²) in [5.74, 6) is 0.0382. The van der Waals surface area contributed by atoms with Gasteiger partial charge in [0.05, 0.1) is 30.1 Å². The summed E-state index contributed by atoms with van der Waals surface area (Å²) in [6.07, 6.45) is 1.46. The second-order valence-electron chi connectivity index (χ2n) is 6.67. The first-order valence-electron chi connectivity index (χ1n) is 7.64. The van der Waals surface area contributed by atoms with Crippen molar-refractivity contribution >= 4 is 29.1 Å². The highest BCUT2D eigenvalue weighted by molar-refractivity contribution is 6.33. The molecule has 0 saturated carbocycles. The Morgan fingerprint density at radius 2 is 2.12 bits per heavy atom. The van der Waals surface area contributed by atoms with Gasteiger partial charge in [0.1, 0.15) is 0 Å². The predicted molar refractivity (Wildman–Crippen MR) is 91.2 cm³/mol. The summed E-state index contributed by atoms with van der Waals surface area (Å²) in [7, 11) is 0. The van der Waals surface area contributed by atoms with E-state index >= 15 is 0 Å². The average Bonchev–Trinajstić information content (AvgIpc) is 2.84. The maximum atomic E-state index is 12.7. The summed E-state index contributed by atoms with van der Waals surface area (Å²) >= 11 is 12.0. The zero-order valence-electron chi connectivity index (χ0n) is 13.1. The molecule has 7 heteroatoms. The molecule has 0 unspecified atom stereocenters. The highest BCUT2D eigenvalue weighted by atomic mass is 35.5. The molecule has 0 aliphatic carbocycles. The molecule has 24 heavy (non-hydrogen) atoms. The van der Waals surface area contributed by atoms with Crippen molar-refractivity contribution in [3.05, 3.63) is 45.8 Å². The standard InChI is InChI=1S/C17H15Cl2N3O2/c1-17(8-24-9-17)7-22-6-11-3-2-10(4-12(11)15(22)23)14-13(18)5-20-16(19)21-14/h2-5H,6-9H2,1H3. The second-order valence-corrected chi connectivity index (χ2v) is 7.42. The number of carbonyl (C=O) groups excluding carboxylic acids is 1. The minimum Gasteiger partial charge on any atom is -0.380 e. The van der Waals surface area contributed by atoms with Crippen LogP contribution in [0.15, 0.2) is 24.4 Å². The van der Waals surface area contributed by atoms with Gasteiger partial charge in [0.25, 0.3) is 5.91 Å². The lowest BCUT2D eigenvalue weighted by atomic mass is 9.88. The predicted octanol–water partition coefficient (Wildman–Crippen LogP) is 3.44. The van der Waals surface area contributed by atoms with Crippen LogP contribution < -0.4 is 0 Å². The zero-order chi connectivity index (χ0) is 16.9. The Balaban J connectivity index is 1.65. The molecule has 1 amide bonds. The molecular weight excluding hydrogens is 349 g/mol. The second kappa shape index (κ2) is 5.69. The highest BCUT2D eigenvalue weighted by Crippen LogP contribution is 2.34. The summed E-state index contributed by atoms with van der Waals surface area (Å²) in [4.78, 5) is 22.7. The maximum Gasteiger partial charge on any atom is 0.254 e. The van der Waals surface area contributed by atoms with Crippen molar-refractivity contribution in [2.24, 2.45) is 5.41 Å². The van der Waals surface area contributed by atoms with Gasteiger partial charge in [-0.2, -0.15) is 0 Å². The number of carbonyl (C=O) groups is 1. The number of amides is 1. The quantitative estimate of drug-likeness (QED) is 0.783. The van der Waals surface area contributed by atoms with Crippen LogP contribution in [0.25, 0.3) is 11.3 Å². The number of halogens is 2. The molecule has 0 atom stereocenters. The monoisotopic (exact) mass is 363 g/mol. The maximum absolute atomic E-state index is 12.7. The van der Waals surface area contributed by atoms with Gasteiger partial charge >= 0.3 is 0 Å². The Morgan fingerprint density at radius 1 is 1.33 bits per heavy atom. The van der Waals surface area contributed by atoms with Crippen molar-refractivity contribution in [2.75, 3.05) is 19.8 Å². The van der Waals surface area contributed by atoms with Gasteiger partial charge in [-0.15, -0.1) is 0 Å². The number of fused-ring (bicyclic) bond motifs is 1. The van der Waals surface area contributed by atoms with Crippen LogP contribution in [0.2, 0.25) is 10.3 Å². The van der Waals surface area contributed by atoms with Crippen molar-refractivity contribution in [1.29, 1.82) is 0 Å². The molecule has 2 aliphatic rings. The van der Waals surface area contributed by atoms with Crippen LogP contribution in [-0.4, -0.2) is 40.5 Å². The molecule has 2 aromatic rings. The largest absolute Gasteiger partial charge is 0.380 e. The Morgan fingerprint density at radius 3 is 2.83 bits per heavy atom. The molecule has 0 spiro atoms. The van der Waals surface area contributed by atoms with Gasteiger partial charge in [-0.25, -0.2) is 9.97 Å². The first-order chi connectivity index (χ1) is 11.5.